The van der Waals surface area contributed by atoms with E-state index in [1.54, 1.807) is 6.07 Å². The average Bonchev–Trinajstić information content (AvgIpc) is 2.47. The SMILES string of the molecule is O=S(=O)(Cl)c1c[nH]c2ccnc(Cl)c12. The Balaban J connectivity index is 2.94. The van der Waals surface area contributed by atoms with Crippen LogP contribution in [-0.2, 0) is 9.05 Å². The van der Waals surface area contributed by atoms with Gasteiger partial charge in [-0.05, 0) is 6.07 Å². The van der Waals surface area contributed by atoms with Gasteiger partial charge < -0.3 is 4.98 Å². The van der Waals surface area contributed by atoms with E-state index in [1.165, 1.54) is 12.4 Å². The number of rotatable bonds is 1. The van der Waals surface area contributed by atoms with Crippen molar-refractivity contribution in [2.45, 2.75) is 4.90 Å². The monoisotopic (exact) mass is 250 g/mol. The molecule has 1 N–H and O–H groups in total. The number of nitrogens with one attached hydrogen (secondary N) is 1. The van der Waals surface area contributed by atoms with Crippen molar-refractivity contribution >= 4 is 42.2 Å². The molecule has 2 rings (SSSR count). The van der Waals surface area contributed by atoms with E-state index in [4.69, 9.17) is 22.3 Å². The highest BCUT2D eigenvalue weighted by Gasteiger charge is 2.18. The van der Waals surface area contributed by atoms with Crippen LogP contribution in [0.15, 0.2) is 23.4 Å². The summed E-state index contributed by atoms with van der Waals surface area (Å²) in [6.07, 6.45) is 2.77. The Hall–Kier alpha value is -0.780. The van der Waals surface area contributed by atoms with E-state index in [0.29, 0.717) is 10.9 Å². The van der Waals surface area contributed by atoms with Crippen LogP contribution in [0.4, 0.5) is 0 Å². The minimum Gasteiger partial charge on any atom is -0.360 e. The molecule has 2 aromatic rings. The first-order chi connectivity index (χ1) is 6.50. The third-order valence-corrected chi connectivity index (χ3v) is 3.41. The molecule has 0 aliphatic heterocycles. The van der Waals surface area contributed by atoms with Gasteiger partial charge in [-0.3, -0.25) is 0 Å². The lowest BCUT2D eigenvalue weighted by Crippen LogP contribution is -1.88. The van der Waals surface area contributed by atoms with E-state index in [-0.39, 0.29) is 10.0 Å². The van der Waals surface area contributed by atoms with Crippen LogP contribution in [0, 0.1) is 0 Å². The number of pyridine rings is 1. The summed E-state index contributed by atoms with van der Waals surface area (Å²) in [5, 5.41) is 0.437. The molecule has 14 heavy (non-hydrogen) atoms. The highest BCUT2D eigenvalue weighted by Crippen LogP contribution is 2.29. The fourth-order valence-corrected chi connectivity index (χ4v) is 2.53. The number of aromatic amines is 1. The molecule has 0 radical (unpaired) electrons. The highest BCUT2D eigenvalue weighted by molar-refractivity contribution is 8.14. The zero-order chi connectivity index (χ0) is 10.3. The van der Waals surface area contributed by atoms with Crippen LogP contribution in [0.5, 0.6) is 0 Å². The molecule has 0 fully saturated rings. The van der Waals surface area contributed by atoms with Crippen molar-refractivity contribution in [1.82, 2.24) is 9.97 Å². The average molecular weight is 251 g/mol. The molecule has 0 amide bonds. The number of fused-ring (bicyclic) bond motifs is 1. The summed E-state index contributed by atoms with van der Waals surface area (Å²) in [6, 6.07) is 1.62. The zero-order valence-electron chi connectivity index (χ0n) is 6.66. The quantitative estimate of drug-likeness (QED) is 0.623. The molecule has 0 saturated carbocycles. The zero-order valence-corrected chi connectivity index (χ0v) is 8.99. The summed E-state index contributed by atoms with van der Waals surface area (Å²) in [5.41, 5.74) is 0.587. The maximum absolute atomic E-state index is 11.1. The van der Waals surface area contributed by atoms with Crippen molar-refractivity contribution in [3.63, 3.8) is 0 Å². The Morgan fingerprint density at radius 2 is 2.14 bits per heavy atom. The number of hydrogen-bond donors (Lipinski definition) is 1. The normalized spacial score (nSPS) is 12.1. The topological polar surface area (TPSA) is 62.8 Å². The number of hydrogen-bond acceptors (Lipinski definition) is 3. The van der Waals surface area contributed by atoms with E-state index < -0.39 is 9.05 Å². The fourth-order valence-electron chi connectivity index (χ4n) is 1.20. The summed E-state index contributed by atoms with van der Waals surface area (Å²) in [5.74, 6) is 0. The van der Waals surface area contributed by atoms with E-state index in [2.05, 4.69) is 9.97 Å². The number of aromatic nitrogens is 2. The lowest BCUT2D eigenvalue weighted by atomic mass is 10.3. The van der Waals surface area contributed by atoms with Gasteiger partial charge in [0.05, 0.1) is 10.9 Å². The third kappa shape index (κ3) is 1.47. The largest absolute Gasteiger partial charge is 0.360 e. The van der Waals surface area contributed by atoms with Crippen LogP contribution >= 0.6 is 22.3 Å². The Labute approximate surface area is 89.3 Å². The number of H-pyrrole nitrogens is 1. The Morgan fingerprint density at radius 3 is 2.79 bits per heavy atom. The van der Waals surface area contributed by atoms with Gasteiger partial charge >= 0.3 is 0 Å². The van der Waals surface area contributed by atoms with Gasteiger partial charge in [0, 0.05) is 23.1 Å². The molecule has 0 aromatic carbocycles. The van der Waals surface area contributed by atoms with E-state index in [0.717, 1.165) is 0 Å². The fraction of sp³-hybridized carbons (Fsp3) is 0. The molecule has 0 unspecified atom stereocenters. The summed E-state index contributed by atoms with van der Waals surface area (Å²) in [4.78, 5) is 6.47. The smallest absolute Gasteiger partial charge is 0.263 e. The molecule has 0 saturated heterocycles. The molecular formula is C7H4Cl2N2O2S. The second-order valence-electron chi connectivity index (χ2n) is 2.62. The second-order valence-corrected chi connectivity index (χ2v) is 5.51. The molecule has 0 aliphatic rings. The van der Waals surface area contributed by atoms with Gasteiger partial charge in [-0.15, -0.1) is 0 Å². The van der Waals surface area contributed by atoms with Gasteiger partial charge in [0.15, 0.2) is 0 Å². The standard InChI is InChI=1S/C7H4Cl2N2O2S/c8-7-6-4(1-2-10-7)11-3-5(6)14(9,12)13/h1-3,11H. The van der Waals surface area contributed by atoms with Crippen LogP contribution in [0.25, 0.3) is 10.9 Å². The van der Waals surface area contributed by atoms with Crippen molar-refractivity contribution < 1.29 is 8.42 Å². The summed E-state index contributed by atoms with van der Waals surface area (Å²) in [7, 11) is 1.42. The molecule has 2 heterocycles. The number of halogens is 2. The van der Waals surface area contributed by atoms with Gasteiger partial charge in [0.2, 0.25) is 0 Å². The minimum absolute atomic E-state index is 0.0488. The van der Waals surface area contributed by atoms with E-state index >= 15 is 0 Å². The molecule has 2 aromatic heterocycles. The second kappa shape index (κ2) is 3.12. The van der Waals surface area contributed by atoms with Crippen molar-refractivity contribution in [1.29, 1.82) is 0 Å². The molecule has 7 heteroatoms. The van der Waals surface area contributed by atoms with Crippen LogP contribution in [-0.4, -0.2) is 18.4 Å². The maximum atomic E-state index is 11.1. The predicted molar refractivity (Wildman–Crippen MR) is 54.1 cm³/mol. The molecule has 0 aliphatic carbocycles. The lowest BCUT2D eigenvalue weighted by molar-refractivity contribution is 0.610. The van der Waals surface area contributed by atoms with Gasteiger partial charge in [0.1, 0.15) is 10.0 Å². The third-order valence-electron chi connectivity index (χ3n) is 1.77. The summed E-state index contributed by atoms with van der Waals surface area (Å²) >= 11 is 5.76. The van der Waals surface area contributed by atoms with Gasteiger partial charge in [-0.1, -0.05) is 11.6 Å². The number of nitrogens with zero attached hydrogens (tertiary/aromatic N) is 1. The Morgan fingerprint density at radius 1 is 1.43 bits per heavy atom. The Bertz CT molecular complexity index is 591. The predicted octanol–water partition coefficient (Wildman–Crippen LogP) is 2.14. The van der Waals surface area contributed by atoms with Gasteiger partial charge in [-0.25, -0.2) is 13.4 Å². The van der Waals surface area contributed by atoms with Gasteiger partial charge in [0.25, 0.3) is 9.05 Å². The van der Waals surface area contributed by atoms with Crippen molar-refractivity contribution in [3.8, 4) is 0 Å². The first-order valence-electron chi connectivity index (χ1n) is 3.56. The first kappa shape index (κ1) is 9.76. The van der Waals surface area contributed by atoms with Crippen LogP contribution in [0.3, 0.4) is 0 Å². The molecule has 0 bridgehead atoms. The van der Waals surface area contributed by atoms with Crippen LogP contribution in [0.2, 0.25) is 5.15 Å². The lowest BCUT2D eigenvalue weighted by Gasteiger charge is -1.94. The van der Waals surface area contributed by atoms with Crippen LogP contribution < -0.4 is 0 Å². The molecule has 0 atom stereocenters. The van der Waals surface area contributed by atoms with Crippen molar-refractivity contribution in [2.24, 2.45) is 0 Å². The van der Waals surface area contributed by atoms with Crippen molar-refractivity contribution in [2.75, 3.05) is 0 Å². The van der Waals surface area contributed by atoms with Crippen LogP contribution in [0.1, 0.15) is 0 Å². The molecular weight excluding hydrogens is 247 g/mol. The van der Waals surface area contributed by atoms with Crippen molar-refractivity contribution in [3.05, 3.63) is 23.6 Å². The van der Waals surface area contributed by atoms with E-state index in [9.17, 15) is 8.42 Å². The first-order valence-corrected chi connectivity index (χ1v) is 6.25. The maximum Gasteiger partial charge on any atom is 0.263 e. The van der Waals surface area contributed by atoms with Gasteiger partial charge in [-0.2, -0.15) is 0 Å². The highest BCUT2D eigenvalue weighted by atomic mass is 35.7. The summed E-state index contributed by atoms with van der Waals surface area (Å²) < 4.78 is 22.2. The molecule has 74 valence electrons. The minimum atomic E-state index is -3.79. The molecule has 4 nitrogen and oxygen atoms in total. The molecule has 0 spiro atoms. The Kier molecular flexibility index (Phi) is 2.17. The summed E-state index contributed by atoms with van der Waals surface area (Å²) in [6.45, 7) is 0. The van der Waals surface area contributed by atoms with E-state index in [1.807, 2.05) is 0 Å².